The van der Waals surface area contributed by atoms with Crippen molar-refractivity contribution in [2.75, 3.05) is 0 Å². The van der Waals surface area contributed by atoms with E-state index in [4.69, 9.17) is 17.3 Å². The van der Waals surface area contributed by atoms with E-state index < -0.39 is 0 Å². The third kappa shape index (κ3) is 4.97. The number of fused-ring (bicyclic) bond motifs is 1. The van der Waals surface area contributed by atoms with Crippen LogP contribution in [-0.2, 0) is 11.2 Å². The van der Waals surface area contributed by atoms with Crippen LogP contribution in [0.25, 0.3) is 22.3 Å². The highest BCUT2D eigenvalue weighted by atomic mass is 35.5. The van der Waals surface area contributed by atoms with E-state index in [2.05, 4.69) is 48.5 Å². The molecule has 3 aromatic rings. The van der Waals surface area contributed by atoms with Gasteiger partial charge in [0.15, 0.2) is 0 Å². The number of primary amides is 1. The van der Waals surface area contributed by atoms with Gasteiger partial charge in [0.2, 0.25) is 5.91 Å². The molecule has 0 bridgehead atoms. The molecule has 0 radical (unpaired) electrons. The number of hydrogen-bond donors (Lipinski definition) is 1. The molecule has 0 heterocycles. The van der Waals surface area contributed by atoms with E-state index in [9.17, 15) is 4.79 Å². The van der Waals surface area contributed by atoms with Crippen molar-refractivity contribution in [3.05, 3.63) is 119 Å². The van der Waals surface area contributed by atoms with Gasteiger partial charge in [0.25, 0.3) is 0 Å². The number of carbonyl (C=O) groups is 1. The highest BCUT2D eigenvalue weighted by Gasteiger charge is 2.18. The van der Waals surface area contributed by atoms with E-state index in [0.717, 1.165) is 16.7 Å². The van der Waals surface area contributed by atoms with E-state index in [0.29, 0.717) is 11.4 Å². The van der Waals surface area contributed by atoms with Crippen LogP contribution in [0.1, 0.15) is 17.0 Å². The van der Waals surface area contributed by atoms with Crippen LogP contribution < -0.4 is 5.73 Å². The highest BCUT2D eigenvalue weighted by Crippen LogP contribution is 2.32. The maximum absolute atomic E-state index is 11.9. The summed E-state index contributed by atoms with van der Waals surface area (Å²) in [7, 11) is 0. The van der Waals surface area contributed by atoms with Gasteiger partial charge in [0, 0.05) is 5.02 Å². The van der Waals surface area contributed by atoms with Crippen LogP contribution in [0.2, 0.25) is 5.02 Å². The number of nitrogens with two attached hydrogens (primary N) is 1. The molecule has 2 N–H and O–H groups in total. The molecule has 0 saturated heterocycles. The fourth-order valence-corrected chi connectivity index (χ4v) is 3.68. The predicted octanol–water partition coefficient (Wildman–Crippen LogP) is 6.49. The third-order valence-electron chi connectivity index (χ3n) is 5.21. The molecule has 148 valence electrons. The number of carbonyl (C=O) groups excluding carboxylic acids is 1. The van der Waals surface area contributed by atoms with Gasteiger partial charge in [-0.2, -0.15) is 0 Å². The zero-order valence-electron chi connectivity index (χ0n) is 16.5. The van der Waals surface area contributed by atoms with Crippen LogP contribution in [0, 0.1) is 0 Å². The average molecular weight is 412 g/mol. The number of amides is 1. The molecule has 0 aromatic heterocycles. The zero-order valence-corrected chi connectivity index (χ0v) is 17.2. The van der Waals surface area contributed by atoms with Gasteiger partial charge in [0.1, 0.15) is 0 Å². The van der Waals surface area contributed by atoms with E-state index in [1.165, 1.54) is 16.7 Å². The molecule has 2 nitrogen and oxygen atoms in total. The first-order chi connectivity index (χ1) is 14.6. The second-order valence-corrected chi connectivity index (χ2v) is 7.79. The third-order valence-corrected chi connectivity index (χ3v) is 5.44. The van der Waals surface area contributed by atoms with Gasteiger partial charge in [-0.15, -0.1) is 0 Å². The van der Waals surface area contributed by atoms with Crippen molar-refractivity contribution in [2.45, 2.75) is 12.3 Å². The summed E-state index contributed by atoms with van der Waals surface area (Å²) in [5.41, 5.74) is 12.7. The summed E-state index contributed by atoms with van der Waals surface area (Å²) in [5.74, 6) is -0.726. The molecule has 2 aliphatic carbocycles. The van der Waals surface area contributed by atoms with Crippen molar-refractivity contribution < 1.29 is 4.79 Å². The fraction of sp³-hybridized carbons (Fsp3) is 0.0741. The Labute approximate surface area is 182 Å². The van der Waals surface area contributed by atoms with Gasteiger partial charge < -0.3 is 5.73 Å². The minimum absolute atomic E-state index is 0.343. The van der Waals surface area contributed by atoms with E-state index in [1.54, 1.807) is 12.1 Å². The van der Waals surface area contributed by atoms with E-state index in [-0.39, 0.29) is 11.8 Å². The Balaban J connectivity index is 0.000000305. The van der Waals surface area contributed by atoms with Gasteiger partial charge in [-0.1, -0.05) is 96.5 Å². The molecule has 0 saturated carbocycles. The Morgan fingerprint density at radius 3 is 1.83 bits per heavy atom. The lowest BCUT2D eigenvalue weighted by Crippen LogP contribution is -2.23. The molecule has 3 heteroatoms. The summed E-state index contributed by atoms with van der Waals surface area (Å²) < 4.78 is 0. The standard InChI is InChI=1S/C21H18ClNO.C6H4/c22-19-8-4-7-18(14-19)20(21(23)24)13-15-9-11-17(12-10-15)16-5-2-1-3-6-16;1-2-5-4-6(5)3-1/h1-12,14,20H,13H2,(H2,23,24);1-4H. The molecule has 3 aromatic carbocycles. The second-order valence-electron chi connectivity index (χ2n) is 7.36. The van der Waals surface area contributed by atoms with Crippen LogP contribution in [-0.4, -0.2) is 5.91 Å². The Bertz CT molecular complexity index is 1140. The van der Waals surface area contributed by atoms with Crippen molar-refractivity contribution in [2.24, 2.45) is 5.73 Å². The molecule has 5 rings (SSSR count). The molecule has 0 fully saturated rings. The Kier molecular flexibility index (Phi) is 5.97. The zero-order chi connectivity index (χ0) is 20.9. The van der Waals surface area contributed by atoms with Crippen LogP contribution >= 0.6 is 11.6 Å². The molecule has 1 unspecified atom stereocenters. The average Bonchev–Trinajstić information content (AvgIpc) is 3.37. The van der Waals surface area contributed by atoms with Gasteiger partial charge in [0.05, 0.1) is 5.92 Å². The van der Waals surface area contributed by atoms with Crippen molar-refractivity contribution in [1.29, 1.82) is 0 Å². The maximum atomic E-state index is 11.9. The lowest BCUT2D eigenvalue weighted by Gasteiger charge is -2.14. The van der Waals surface area contributed by atoms with Crippen LogP contribution in [0.15, 0.2) is 103 Å². The molecule has 0 aliphatic heterocycles. The second kappa shape index (κ2) is 8.98. The molecular weight excluding hydrogens is 390 g/mol. The molecule has 1 atom stereocenters. The van der Waals surface area contributed by atoms with Crippen molar-refractivity contribution in [3.63, 3.8) is 0 Å². The summed E-state index contributed by atoms with van der Waals surface area (Å²) in [5, 5.41) is 0.609. The molecular formula is C27H22ClNO. The highest BCUT2D eigenvalue weighted by molar-refractivity contribution is 6.30. The summed E-state index contributed by atoms with van der Waals surface area (Å²) in [4.78, 5) is 11.9. The van der Waals surface area contributed by atoms with Gasteiger partial charge in [-0.3, -0.25) is 4.79 Å². The van der Waals surface area contributed by atoms with Crippen molar-refractivity contribution in [3.8, 4) is 22.3 Å². The lowest BCUT2D eigenvalue weighted by molar-refractivity contribution is -0.119. The molecule has 2 aliphatic rings. The normalized spacial score (nSPS) is 11.8. The van der Waals surface area contributed by atoms with E-state index >= 15 is 0 Å². The summed E-state index contributed by atoms with van der Waals surface area (Å²) >= 11 is 6.03. The summed E-state index contributed by atoms with van der Waals surface area (Å²) in [6, 6.07) is 34.2. The lowest BCUT2D eigenvalue weighted by atomic mass is 9.91. The quantitative estimate of drug-likeness (QED) is 0.353. The largest absolute Gasteiger partial charge is 0.369 e. The first-order valence-corrected chi connectivity index (χ1v) is 10.3. The number of rotatable bonds is 5. The predicted molar refractivity (Wildman–Crippen MR) is 124 cm³/mol. The van der Waals surface area contributed by atoms with Gasteiger partial charge in [-0.05, 0) is 58.0 Å². The minimum atomic E-state index is -0.383. The first-order valence-electron chi connectivity index (χ1n) is 9.90. The Morgan fingerprint density at radius 2 is 1.30 bits per heavy atom. The van der Waals surface area contributed by atoms with Gasteiger partial charge in [-0.25, -0.2) is 0 Å². The van der Waals surface area contributed by atoms with Crippen LogP contribution in [0.4, 0.5) is 0 Å². The monoisotopic (exact) mass is 411 g/mol. The molecule has 30 heavy (non-hydrogen) atoms. The first kappa shape index (κ1) is 19.9. The topological polar surface area (TPSA) is 43.1 Å². The van der Waals surface area contributed by atoms with Gasteiger partial charge >= 0.3 is 0 Å². The molecule has 1 amide bonds. The Hall–Kier alpha value is -3.36. The Morgan fingerprint density at radius 1 is 0.700 bits per heavy atom. The van der Waals surface area contributed by atoms with Crippen molar-refractivity contribution in [1.82, 2.24) is 0 Å². The number of hydrogen-bond acceptors (Lipinski definition) is 1. The van der Waals surface area contributed by atoms with E-state index in [1.807, 2.05) is 42.5 Å². The SMILES string of the molecule is NC(=O)C(Cc1ccc(-c2ccccc2)cc1)c1cccc(Cl)c1.c1cc2cc-2c1. The smallest absolute Gasteiger partial charge is 0.225 e. The molecule has 0 spiro atoms. The minimum Gasteiger partial charge on any atom is -0.369 e. The number of benzene rings is 4. The summed E-state index contributed by atoms with van der Waals surface area (Å²) in [6.07, 6.45) is 0.560. The summed E-state index contributed by atoms with van der Waals surface area (Å²) in [6.45, 7) is 0. The maximum Gasteiger partial charge on any atom is 0.225 e. The number of halogens is 1. The van der Waals surface area contributed by atoms with Crippen LogP contribution in [0.5, 0.6) is 0 Å². The van der Waals surface area contributed by atoms with Crippen LogP contribution in [0.3, 0.4) is 0 Å². The fourth-order valence-electron chi connectivity index (χ4n) is 3.48. The van der Waals surface area contributed by atoms with Crippen molar-refractivity contribution >= 4 is 17.5 Å².